The SMILES string of the molecule is Oc1cccc(C2([Si]c3ccccc3)CCCCO2)c1. The van der Waals surface area contributed by atoms with E-state index in [1.165, 1.54) is 11.6 Å². The van der Waals surface area contributed by atoms with Crippen LogP contribution < -0.4 is 5.19 Å². The van der Waals surface area contributed by atoms with Crippen LogP contribution in [0.3, 0.4) is 0 Å². The lowest BCUT2D eigenvalue weighted by Crippen LogP contribution is -2.44. The van der Waals surface area contributed by atoms with Gasteiger partial charge in [-0.3, -0.25) is 0 Å². The summed E-state index contributed by atoms with van der Waals surface area (Å²) in [6, 6.07) is 18.0. The number of rotatable bonds is 3. The summed E-state index contributed by atoms with van der Waals surface area (Å²) in [6.07, 6.45) is 3.32. The summed E-state index contributed by atoms with van der Waals surface area (Å²) in [5.74, 6) is 0.314. The van der Waals surface area contributed by atoms with E-state index in [9.17, 15) is 5.11 Å². The minimum Gasteiger partial charge on any atom is -0.508 e. The zero-order chi connectivity index (χ0) is 13.8. The number of ether oxygens (including phenoxy) is 1. The molecular formula is C17H18O2Si. The van der Waals surface area contributed by atoms with Crippen LogP contribution in [0.5, 0.6) is 5.75 Å². The molecule has 2 nitrogen and oxygen atoms in total. The summed E-state index contributed by atoms with van der Waals surface area (Å²) < 4.78 is 6.21. The van der Waals surface area contributed by atoms with E-state index in [0.717, 1.165) is 25.0 Å². The van der Waals surface area contributed by atoms with Crippen molar-refractivity contribution in [3.05, 3.63) is 60.2 Å². The van der Waals surface area contributed by atoms with Gasteiger partial charge in [-0.1, -0.05) is 47.7 Å². The molecule has 0 amide bonds. The van der Waals surface area contributed by atoms with Crippen molar-refractivity contribution in [2.75, 3.05) is 6.61 Å². The molecule has 0 spiro atoms. The quantitative estimate of drug-likeness (QED) is 0.877. The minimum absolute atomic E-state index is 0.266. The van der Waals surface area contributed by atoms with Crippen molar-refractivity contribution in [2.45, 2.75) is 24.5 Å². The number of phenols is 1. The monoisotopic (exact) mass is 282 g/mol. The molecule has 3 heteroatoms. The second-order valence-electron chi connectivity index (χ2n) is 5.17. The fourth-order valence-electron chi connectivity index (χ4n) is 2.70. The number of benzene rings is 2. The summed E-state index contributed by atoms with van der Waals surface area (Å²) >= 11 is 0. The number of hydrogen-bond donors (Lipinski definition) is 1. The molecule has 1 unspecified atom stereocenters. The standard InChI is InChI=1S/C17H18O2Si/c18-15-8-6-7-14(13-15)17(11-4-5-12-19-17)20-16-9-2-1-3-10-16/h1-3,6-10,13,18H,4-5,11-12H2. The summed E-state index contributed by atoms with van der Waals surface area (Å²) in [5.41, 5.74) is 1.10. The first-order valence-electron chi connectivity index (χ1n) is 7.05. The molecule has 0 aromatic heterocycles. The van der Waals surface area contributed by atoms with Gasteiger partial charge in [-0.05, 0) is 37.0 Å². The predicted octanol–water partition coefficient (Wildman–Crippen LogP) is 2.78. The molecule has 1 fully saturated rings. The van der Waals surface area contributed by atoms with Crippen molar-refractivity contribution in [3.8, 4) is 5.75 Å². The van der Waals surface area contributed by atoms with E-state index in [1.807, 2.05) is 18.2 Å². The number of hydrogen-bond acceptors (Lipinski definition) is 2. The van der Waals surface area contributed by atoms with Crippen molar-refractivity contribution in [1.29, 1.82) is 0 Å². The Labute approximate surface area is 122 Å². The van der Waals surface area contributed by atoms with Gasteiger partial charge >= 0.3 is 0 Å². The number of phenolic OH excluding ortho intramolecular Hbond substituents is 1. The molecule has 3 rings (SSSR count). The minimum atomic E-state index is -0.266. The first-order chi connectivity index (χ1) is 9.78. The average Bonchev–Trinajstić information content (AvgIpc) is 2.49. The van der Waals surface area contributed by atoms with E-state index < -0.39 is 0 Å². The third-order valence-electron chi connectivity index (χ3n) is 3.70. The Balaban J connectivity index is 1.96. The Hall–Kier alpha value is -1.58. The van der Waals surface area contributed by atoms with Crippen molar-refractivity contribution in [1.82, 2.24) is 0 Å². The van der Waals surface area contributed by atoms with Crippen LogP contribution in [0.15, 0.2) is 54.6 Å². The van der Waals surface area contributed by atoms with Gasteiger partial charge in [-0.2, -0.15) is 0 Å². The maximum Gasteiger partial charge on any atom is 0.129 e. The molecule has 0 saturated carbocycles. The van der Waals surface area contributed by atoms with Gasteiger partial charge in [-0.25, -0.2) is 0 Å². The van der Waals surface area contributed by atoms with Crippen LogP contribution in [0.1, 0.15) is 24.8 Å². The molecule has 0 aliphatic carbocycles. The van der Waals surface area contributed by atoms with Crippen molar-refractivity contribution < 1.29 is 9.84 Å². The van der Waals surface area contributed by atoms with Crippen molar-refractivity contribution >= 4 is 14.7 Å². The lowest BCUT2D eigenvalue weighted by Gasteiger charge is -2.37. The summed E-state index contributed by atoms with van der Waals surface area (Å²) in [6.45, 7) is 0.801. The van der Waals surface area contributed by atoms with E-state index in [0.29, 0.717) is 15.3 Å². The molecule has 1 saturated heterocycles. The Morgan fingerprint density at radius 2 is 1.85 bits per heavy atom. The zero-order valence-corrected chi connectivity index (χ0v) is 12.4. The van der Waals surface area contributed by atoms with Gasteiger partial charge in [0, 0.05) is 6.61 Å². The highest BCUT2D eigenvalue weighted by atomic mass is 28.2. The summed E-state index contributed by atoms with van der Waals surface area (Å²) in [7, 11) is 0.564. The molecule has 2 aromatic rings. The molecule has 102 valence electrons. The van der Waals surface area contributed by atoms with Gasteiger partial charge < -0.3 is 9.84 Å². The van der Waals surface area contributed by atoms with Crippen LogP contribution in [-0.4, -0.2) is 21.2 Å². The van der Waals surface area contributed by atoms with Crippen molar-refractivity contribution in [2.24, 2.45) is 0 Å². The summed E-state index contributed by atoms with van der Waals surface area (Å²) in [5, 5.41) is 10.8. The Kier molecular flexibility index (Phi) is 3.90. The number of aromatic hydroxyl groups is 1. The maximum atomic E-state index is 9.77. The van der Waals surface area contributed by atoms with E-state index >= 15 is 0 Å². The largest absolute Gasteiger partial charge is 0.508 e. The molecule has 1 atom stereocenters. The third-order valence-corrected chi connectivity index (χ3v) is 5.41. The van der Waals surface area contributed by atoms with E-state index in [2.05, 4.69) is 30.3 Å². The molecule has 1 heterocycles. The highest BCUT2D eigenvalue weighted by Gasteiger charge is 2.36. The zero-order valence-electron chi connectivity index (χ0n) is 11.4. The third kappa shape index (κ3) is 2.79. The fourth-order valence-corrected chi connectivity index (χ4v) is 4.31. The molecule has 0 bridgehead atoms. The van der Waals surface area contributed by atoms with Crippen LogP contribution in [-0.2, 0) is 9.96 Å². The molecule has 1 aliphatic rings. The lowest BCUT2D eigenvalue weighted by atomic mass is 10.00. The van der Waals surface area contributed by atoms with Gasteiger partial charge in [0.2, 0.25) is 0 Å². The van der Waals surface area contributed by atoms with Crippen LogP contribution in [0.4, 0.5) is 0 Å². The predicted molar refractivity (Wildman–Crippen MR) is 81.4 cm³/mol. The molecular weight excluding hydrogens is 264 g/mol. The second kappa shape index (κ2) is 5.81. The molecule has 20 heavy (non-hydrogen) atoms. The van der Waals surface area contributed by atoms with E-state index in [1.54, 1.807) is 6.07 Å². The molecule has 1 aliphatic heterocycles. The van der Waals surface area contributed by atoms with E-state index in [4.69, 9.17) is 4.74 Å². The first kappa shape index (κ1) is 13.4. The Morgan fingerprint density at radius 1 is 1.00 bits per heavy atom. The van der Waals surface area contributed by atoms with Crippen LogP contribution in [0.25, 0.3) is 0 Å². The van der Waals surface area contributed by atoms with Crippen LogP contribution in [0.2, 0.25) is 0 Å². The van der Waals surface area contributed by atoms with Gasteiger partial charge in [0.25, 0.3) is 0 Å². The van der Waals surface area contributed by atoms with Gasteiger partial charge in [0.15, 0.2) is 0 Å². The normalized spacial score (nSPS) is 22.6. The topological polar surface area (TPSA) is 29.5 Å². The highest BCUT2D eigenvalue weighted by molar-refractivity contribution is 6.56. The highest BCUT2D eigenvalue weighted by Crippen LogP contribution is 2.35. The Morgan fingerprint density at radius 3 is 2.55 bits per heavy atom. The Bertz CT molecular complexity index is 562. The van der Waals surface area contributed by atoms with Crippen LogP contribution >= 0.6 is 0 Å². The van der Waals surface area contributed by atoms with E-state index in [-0.39, 0.29) is 5.22 Å². The molecule has 2 radical (unpaired) electrons. The lowest BCUT2D eigenvalue weighted by molar-refractivity contribution is -0.0229. The van der Waals surface area contributed by atoms with Gasteiger partial charge in [0.1, 0.15) is 15.3 Å². The first-order valence-corrected chi connectivity index (χ1v) is 8.05. The second-order valence-corrected chi connectivity index (χ2v) is 6.81. The summed E-state index contributed by atoms with van der Waals surface area (Å²) in [4.78, 5) is 0. The fraction of sp³-hybridized carbons (Fsp3) is 0.294. The smallest absolute Gasteiger partial charge is 0.129 e. The molecule has 1 N–H and O–H groups in total. The van der Waals surface area contributed by atoms with Gasteiger partial charge in [0.05, 0.1) is 5.22 Å². The maximum absolute atomic E-state index is 9.77. The van der Waals surface area contributed by atoms with Crippen LogP contribution in [0, 0.1) is 0 Å². The van der Waals surface area contributed by atoms with Crippen molar-refractivity contribution in [3.63, 3.8) is 0 Å². The average molecular weight is 282 g/mol. The molecule has 2 aromatic carbocycles. The van der Waals surface area contributed by atoms with Gasteiger partial charge in [-0.15, -0.1) is 0 Å².